The van der Waals surface area contributed by atoms with E-state index in [4.69, 9.17) is 5.73 Å². The number of nitrogens with two attached hydrogens (primary N) is 1. The molecule has 2 fully saturated rings. The molecule has 0 radical (unpaired) electrons. The largest absolute Gasteiger partial charge is 0.366 e. The lowest BCUT2D eigenvalue weighted by atomic mass is 9.88. The first-order valence-electron chi connectivity index (χ1n) is 14.7. The van der Waals surface area contributed by atoms with E-state index in [1.54, 1.807) is 11.8 Å². The van der Waals surface area contributed by atoms with Gasteiger partial charge < -0.3 is 20.9 Å². The van der Waals surface area contributed by atoms with E-state index >= 15 is 0 Å². The van der Waals surface area contributed by atoms with Gasteiger partial charge in [-0.25, -0.2) is 4.31 Å². The number of piperidine rings is 2. The fourth-order valence-corrected chi connectivity index (χ4v) is 7.53. The third kappa shape index (κ3) is 6.24. The molecule has 3 aromatic rings. The predicted molar refractivity (Wildman–Crippen MR) is 168 cm³/mol. The van der Waals surface area contributed by atoms with Crippen LogP contribution >= 0.6 is 0 Å². The molecule has 9 nitrogen and oxygen atoms in total. The zero-order chi connectivity index (χ0) is 30.0. The SMILES string of the molecule is C=S(=O)(CC)N1CCC(c2c[nH]c3c(C(N)=O)cc(-c4cccc(CNC(=O)C5CCN(C(C)=O)CC5)c4)cc23)CC1. The number of fused-ring (bicyclic) bond motifs is 1. The number of aromatic amines is 1. The van der Waals surface area contributed by atoms with Gasteiger partial charge in [-0.1, -0.05) is 25.1 Å². The van der Waals surface area contributed by atoms with Crippen LogP contribution in [0.2, 0.25) is 0 Å². The Morgan fingerprint density at radius 2 is 1.76 bits per heavy atom. The molecule has 3 heterocycles. The number of carbonyl (C=O) groups excluding carboxylic acids is 3. The van der Waals surface area contributed by atoms with Crippen molar-refractivity contribution in [2.75, 3.05) is 31.9 Å². The fourth-order valence-electron chi connectivity index (χ4n) is 6.28. The van der Waals surface area contributed by atoms with Crippen LogP contribution in [0.4, 0.5) is 0 Å². The molecule has 2 aliphatic heterocycles. The average Bonchev–Trinajstić information content (AvgIpc) is 3.43. The summed E-state index contributed by atoms with van der Waals surface area (Å²) in [5, 5.41) is 4.04. The standard InChI is InChI=1S/C32H41N5O4S/c1-4-42(3,41)37-14-10-23(11-15-37)29-20-34-30-27(29)17-26(18-28(30)31(33)39)25-7-5-6-22(16-25)19-35-32(40)24-8-12-36(13-9-24)21(2)38/h5-7,16-18,20,23-24,34H,3-4,8-15,19H2,1-2H3,(H2,33,39)(H,35,40). The number of carbonyl (C=O) groups is 3. The lowest BCUT2D eigenvalue weighted by Crippen LogP contribution is -2.42. The number of benzene rings is 2. The van der Waals surface area contributed by atoms with Crippen LogP contribution in [0, 0.1) is 5.92 Å². The van der Waals surface area contributed by atoms with Crippen molar-refractivity contribution in [1.82, 2.24) is 19.5 Å². The number of likely N-dealkylation sites (tertiary alicyclic amines) is 1. The minimum atomic E-state index is -2.22. The minimum Gasteiger partial charge on any atom is -0.366 e. The van der Waals surface area contributed by atoms with Crippen LogP contribution in [-0.2, 0) is 25.8 Å². The first-order chi connectivity index (χ1) is 20.1. The van der Waals surface area contributed by atoms with Gasteiger partial charge in [0.25, 0.3) is 5.91 Å². The van der Waals surface area contributed by atoms with Crippen molar-refractivity contribution < 1.29 is 18.6 Å². The van der Waals surface area contributed by atoms with Gasteiger partial charge in [0.05, 0.1) is 11.1 Å². The highest BCUT2D eigenvalue weighted by Gasteiger charge is 2.28. The normalized spacial score (nSPS) is 18.6. The summed E-state index contributed by atoms with van der Waals surface area (Å²) in [5.74, 6) is 4.23. The molecule has 1 aromatic heterocycles. The molecule has 2 saturated heterocycles. The van der Waals surface area contributed by atoms with E-state index in [0.29, 0.717) is 43.8 Å². The van der Waals surface area contributed by atoms with Gasteiger partial charge in [-0.3, -0.25) is 18.6 Å². The number of H-pyrrole nitrogens is 1. The molecule has 2 aromatic carbocycles. The summed E-state index contributed by atoms with van der Waals surface area (Å²) in [4.78, 5) is 42.0. The third-order valence-corrected chi connectivity index (χ3v) is 11.1. The van der Waals surface area contributed by atoms with Gasteiger partial charge in [0, 0.05) is 72.6 Å². The molecule has 10 heteroatoms. The van der Waals surface area contributed by atoms with E-state index in [-0.39, 0.29) is 23.7 Å². The second-order valence-electron chi connectivity index (χ2n) is 11.5. The van der Waals surface area contributed by atoms with Gasteiger partial charge in [0.1, 0.15) is 0 Å². The topological polar surface area (TPSA) is 129 Å². The van der Waals surface area contributed by atoms with E-state index in [0.717, 1.165) is 59.1 Å². The summed E-state index contributed by atoms with van der Waals surface area (Å²) in [6, 6.07) is 11.9. The molecule has 0 aliphatic carbocycles. The monoisotopic (exact) mass is 591 g/mol. The molecular formula is C32H41N5O4S. The number of nitrogens with zero attached hydrogens (tertiary/aromatic N) is 2. The van der Waals surface area contributed by atoms with Crippen LogP contribution in [0.3, 0.4) is 0 Å². The van der Waals surface area contributed by atoms with Crippen molar-refractivity contribution in [2.45, 2.75) is 52.0 Å². The molecule has 0 spiro atoms. The van der Waals surface area contributed by atoms with Crippen LogP contribution in [-0.4, -0.2) is 73.9 Å². The maximum Gasteiger partial charge on any atom is 0.250 e. The highest BCUT2D eigenvalue weighted by Crippen LogP contribution is 2.37. The van der Waals surface area contributed by atoms with Crippen molar-refractivity contribution in [2.24, 2.45) is 11.7 Å². The summed E-state index contributed by atoms with van der Waals surface area (Å²) in [7, 11) is -2.22. The molecule has 4 N–H and O–H groups in total. The van der Waals surface area contributed by atoms with Crippen molar-refractivity contribution in [3.05, 3.63) is 59.3 Å². The third-order valence-electron chi connectivity index (χ3n) is 8.94. The van der Waals surface area contributed by atoms with Gasteiger partial charge in [-0.15, -0.1) is 0 Å². The van der Waals surface area contributed by atoms with E-state index in [2.05, 4.69) is 22.2 Å². The van der Waals surface area contributed by atoms with Gasteiger partial charge in [-0.05, 0) is 77.9 Å². The van der Waals surface area contributed by atoms with Gasteiger partial charge >= 0.3 is 0 Å². The van der Waals surface area contributed by atoms with Gasteiger partial charge in [0.15, 0.2) is 0 Å². The van der Waals surface area contributed by atoms with Crippen LogP contribution in [0.25, 0.3) is 22.0 Å². The van der Waals surface area contributed by atoms with Crippen molar-refractivity contribution in [3.63, 3.8) is 0 Å². The molecule has 0 saturated carbocycles. The van der Waals surface area contributed by atoms with Crippen LogP contribution in [0.15, 0.2) is 42.6 Å². The lowest BCUT2D eigenvalue weighted by molar-refractivity contribution is -0.134. The maximum atomic E-state index is 12.8. The lowest BCUT2D eigenvalue weighted by Gasteiger charge is -2.33. The van der Waals surface area contributed by atoms with Crippen LogP contribution in [0.5, 0.6) is 0 Å². The van der Waals surface area contributed by atoms with Crippen molar-refractivity contribution in [1.29, 1.82) is 0 Å². The molecule has 224 valence electrons. The Labute approximate surface area is 248 Å². The molecular weight excluding hydrogens is 550 g/mol. The molecule has 3 amide bonds. The van der Waals surface area contributed by atoms with Gasteiger partial charge in [-0.2, -0.15) is 0 Å². The molecule has 42 heavy (non-hydrogen) atoms. The van der Waals surface area contributed by atoms with Crippen molar-refractivity contribution >= 4 is 44.2 Å². The summed E-state index contributed by atoms with van der Waals surface area (Å²) in [5.41, 5.74) is 10.9. The Morgan fingerprint density at radius 1 is 1.05 bits per heavy atom. The maximum absolute atomic E-state index is 12.8. The average molecular weight is 592 g/mol. The zero-order valence-corrected chi connectivity index (χ0v) is 25.3. The Balaban J connectivity index is 1.34. The quantitative estimate of drug-likeness (QED) is 0.346. The Bertz CT molecular complexity index is 1600. The minimum absolute atomic E-state index is 0.0117. The first kappa shape index (κ1) is 29.8. The van der Waals surface area contributed by atoms with E-state index < -0.39 is 15.6 Å². The summed E-state index contributed by atoms with van der Waals surface area (Å²) in [6.07, 6.45) is 5.05. The number of primary amides is 1. The summed E-state index contributed by atoms with van der Waals surface area (Å²) < 4.78 is 14.8. The van der Waals surface area contributed by atoms with Gasteiger partial charge in [0.2, 0.25) is 11.8 Å². The number of hydrogen-bond donors (Lipinski definition) is 3. The first-order valence-corrected chi connectivity index (χ1v) is 16.6. The van der Waals surface area contributed by atoms with Crippen LogP contribution in [0.1, 0.15) is 66.9 Å². The molecule has 0 bridgehead atoms. The highest BCUT2D eigenvalue weighted by molar-refractivity contribution is 7.98. The van der Waals surface area contributed by atoms with Crippen LogP contribution < -0.4 is 11.1 Å². The van der Waals surface area contributed by atoms with Crippen molar-refractivity contribution in [3.8, 4) is 11.1 Å². The Hall–Kier alpha value is -3.63. The Morgan fingerprint density at radius 3 is 2.40 bits per heavy atom. The summed E-state index contributed by atoms with van der Waals surface area (Å²) >= 11 is 0. The Kier molecular flexibility index (Phi) is 8.75. The second-order valence-corrected chi connectivity index (χ2v) is 14.2. The molecule has 1 atom stereocenters. The smallest absolute Gasteiger partial charge is 0.250 e. The molecule has 5 rings (SSSR count). The fraction of sp³-hybridized carbons (Fsp3) is 0.438. The number of amides is 3. The van der Waals surface area contributed by atoms with E-state index in [1.165, 1.54) is 0 Å². The zero-order valence-electron chi connectivity index (χ0n) is 24.5. The number of aromatic nitrogens is 1. The predicted octanol–water partition coefficient (Wildman–Crippen LogP) is 3.64. The second kappa shape index (κ2) is 12.3. The summed E-state index contributed by atoms with van der Waals surface area (Å²) in [6.45, 7) is 6.54. The van der Waals surface area contributed by atoms with E-state index in [1.807, 2.05) is 47.8 Å². The van der Waals surface area contributed by atoms with E-state index in [9.17, 15) is 18.6 Å². The number of rotatable bonds is 8. The molecule has 1 unspecified atom stereocenters. The number of hydrogen-bond acceptors (Lipinski definition) is 4. The molecule has 2 aliphatic rings. The highest BCUT2D eigenvalue weighted by atomic mass is 32.2. The number of nitrogens with one attached hydrogen (secondary N) is 2.